The molecule has 1 aromatic carbocycles. The number of carbonyl (C=O) groups excluding carboxylic acids is 1. The van der Waals surface area contributed by atoms with E-state index in [1.807, 2.05) is 32.0 Å². The van der Waals surface area contributed by atoms with Crippen molar-refractivity contribution >= 4 is 5.91 Å². The Morgan fingerprint density at radius 3 is 2.77 bits per heavy atom. The standard InChI is InChI=1S/C20H31N3O3/c1-14(2)26-17-5-4-15(10-18(17)25-3)12-22-19(24)16-11-20(13-23-16)6-8-21-9-7-20/h4-5,10,14,16,21,23H,6-9,11-13H2,1-3H3,(H,22,24)/t16-/m0/s1. The number of methoxy groups -OCH3 is 1. The molecule has 0 radical (unpaired) electrons. The van der Waals surface area contributed by atoms with Crippen molar-refractivity contribution in [1.29, 1.82) is 0 Å². The number of hydrogen-bond donors (Lipinski definition) is 3. The Morgan fingerprint density at radius 2 is 2.08 bits per heavy atom. The molecule has 2 saturated heterocycles. The van der Waals surface area contributed by atoms with Crippen molar-refractivity contribution in [2.24, 2.45) is 5.41 Å². The summed E-state index contributed by atoms with van der Waals surface area (Å²) in [5.41, 5.74) is 1.30. The number of nitrogens with one attached hydrogen (secondary N) is 3. The second-order valence-corrected chi connectivity index (χ2v) is 7.76. The maximum absolute atomic E-state index is 12.6. The maximum atomic E-state index is 12.6. The van der Waals surface area contributed by atoms with Gasteiger partial charge in [-0.05, 0) is 69.3 Å². The molecule has 0 aliphatic carbocycles. The molecule has 2 heterocycles. The smallest absolute Gasteiger partial charge is 0.237 e. The molecule has 1 spiro atoms. The summed E-state index contributed by atoms with van der Waals surface area (Å²) in [4.78, 5) is 12.6. The first kappa shape index (κ1) is 19.0. The van der Waals surface area contributed by atoms with Gasteiger partial charge in [0.15, 0.2) is 11.5 Å². The van der Waals surface area contributed by atoms with Crippen LogP contribution in [0.25, 0.3) is 0 Å². The Morgan fingerprint density at radius 1 is 1.31 bits per heavy atom. The Kier molecular flexibility index (Phi) is 6.04. The van der Waals surface area contributed by atoms with Gasteiger partial charge in [0.2, 0.25) is 5.91 Å². The van der Waals surface area contributed by atoms with Gasteiger partial charge in [-0.3, -0.25) is 4.79 Å². The van der Waals surface area contributed by atoms with E-state index in [0.717, 1.165) is 50.2 Å². The zero-order valence-corrected chi connectivity index (χ0v) is 16.1. The molecular formula is C20H31N3O3. The number of rotatable bonds is 6. The topological polar surface area (TPSA) is 71.6 Å². The highest BCUT2D eigenvalue weighted by molar-refractivity contribution is 5.82. The molecule has 0 aromatic heterocycles. The first-order chi connectivity index (χ1) is 12.5. The summed E-state index contributed by atoms with van der Waals surface area (Å²) in [5, 5.41) is 9.89. The number of ether oxygens (including phenoxy) is 2. The van der Waals surface area contributed by atoms with Crippen LogP contribution in [0, 0.1) is 5.41 Å². The van der Waals surface area contributed by atoms with Crippen LogP contribution in [0.2, 0.25) is 0 Å². The third-order valence-corrected chi connectivity index (χ3v) is 5.40. The minimum atomic E-state index is -0.0847. The highest BCUT2D eigenvalue weighted by Crippen LogP contribution is 2.37. The minimum absolute atomic E-state index is 0.0847. The molecule has 2 fully saturated rings. The molecule has 0 bridgehead atoms. The van der Waals surface area contributed by atoms with Crippen molar-refractivity contribution < 1.29 is 14.3 Å². The third kappa shape index (κ3) is 4.48. The highest BCUT2D eigenvalue weighted by Gasteiger charge is 2.41. The van der Waals surface area contributed by atoms with Crippen LogP contribution >= 0.6 is 0 Å². The molecule has 2 aliphatic heterocycles. The van der Waals surface area contributed by atoms with Crippen LogP contribution in [0.15, 0.2) is 18.2 Å². The van der Waals surface area contributed by atoms with E-state index >= 15 is 0 Å². The molecule has 144 valence electrons. The van der Waals surface area contributed by atoms with Gasteiger partial charge in [-0.2, -0.15) is 0 Å². The van der Waals surface area contributed by atoms with Gasteiger partial charge in [-0.15, -0.1) is 0 Å². The maximum Gasteiger partial charge on any atom is 0.237 e. The number of piperidine rings is 1. The first-order valence-electron chi connectivity index (χ1n) is 9.57. The summed E-state index contributed by atoms with van der Waals surface area (Å²) in [6.07, 6.45) is 3.33. The van der Waals surface area contributed by atoms with E-state index in [-0.39, 0.29) is 18.1 Å². The molecule has 26 heavy (non-hydrogen) atoms. The van der Waals surface area contributed by atoms with Gasteiger partial charge in [0.1, 0.15) is 0 Å². The second kappa shape index (κ2) is 8.27. The molecule has 1 atom stereocenters. The average molecular weight is 361 g/mol. The van der Waals surface area contributed by atoms with Crippen LogP contribution in [-0.4, -0.2) is 44.8 Å². The number of benzene rings is 1. The van der Waals surface area contributed by atoms with Crippen LogP contribution in [0.4, 0.5) is 0 Å². The van der Waals surface area contributed by atoms with E-state index in [4.69, 9.17) is 9.47 Å². The van der Waals surface area contributed by atoms with Gasteiger partial charge < -0.3 is 25.4 Å². The summed E-state index contributed by atoms with van der Waals surface area (Å²) < 4.78 is 11.1. The monoisotopic (exact) mass is 361 g/mol. The summed E-state index contributed by atoms with van der Waals surface area (Å²) in [6, 6.07) is 5.71. The predicted molar refractivity (Wildman–Crippen MR) is 102 cm³/mol. The number of carbonyl (C=O) groups is 1. The van der Waals surface area contributed by atoms with Crippen LogP contribution in [0.1, 0.15) is 38.7 Å². The van der Waals surface area contributed by atoms with E-state index in [0.29, 0.717) is 17.7 Å². The van der Waals surface area contributed by atoms with Crippen molar-refractivity contribution in [3.63, 3.8) is 0 Å². The SMILES string of the molecule is COc1cc(CNC(=O)[C@@H]2CC3(CCNCC3)CN2)ccc1OC(C)C. The van der Waals surface area contributed by atoms with E-state index in [9.17, 15) is 4.79 Å². The summed E-state index contributed by atoms with van der Waals surface area (Å²) >= 11 is 0. The van der Waals surface area contributed by atoms with Gasteiger partial charge in [-0.1, -0.05) is 6.07 Å². The van der Waals surface area contributed by atoms with E-state index in [2.05, 4.69) is 16.0 Å². The van der Waals surface area contributed by atoms with Crippen molar-refractivity contribution in [3.8, 4) is 11.5 Å². The molecule has 0 unspecified atom stereocenters. The van der Waals surface area contributed by atoms with Crippen molar-refractivity contribution in [2.75, 3.05) is 26.7 Å². The van der Waals surface area contributed by atoms with Gasteiger partial charge in [0.05, 0.1) is 19.3 Å². The van der Waals surface area contributed by atoms with E-state index < -0.39 is 0 Å². The van der Waals surface area contributed by atoms with Crippen LogP contribution in [-0.2, 0) is 11.3 Å². The Hall–Kier alpha value is -1.79. The fourth-order valence-corrected chi connectivity index (χ4v) is 3.93. The molecule has 3 rings (SSSR count). The largest absolute Gasteiger partial charge is 0.493 e. The van der Waals surface area contributed by atoms with Crippen LogP contribution < -0.4 is 25.4 Å². The van der Waals surface area contributed by atoms with Gasteiger partial charge >= 0.3 is 0 Å². The zero-order valence-electron chi connectivity index (χ0n) is 16.1. The molecule has 2 aliphatic rings. The van der Waals surface area contributed by atoms with Crippen LogP contribution in [0.5, 0.6) is 11.5 Å². The predicted octanol–water partition coefficient (Wildman–Crippen LogP) is 1.83. The third-order valence-electron chi connectivity index (χ3n) is 5.40. The van der Waals surface area contributed by atoms with Crippen molar-refractivity contribution in [1.82, 2.24) is 16.0 Å². The fourth-order valence-electron chi connectivity index (χ4n) is 3.93. The lowest BCUT2D eigenvalue weighted by molar-refractivity contribution is -0.123. The Labute approximate surface area is 156 Å². The lowest BCUT2D eigenvalue weighted by Gasteiger charge is -2.33. The average Bonchev–Trinajstić information content (AvgIpc) is 3.04. The normalized spacial score (nSPS) is 21.8. The lowest BCUT2D eigenvalue weighted by atomic mass is 9.77. The lowest BCUT2D eigenvalue weighted by Crippen LogP contribution is -2.40. The Balaban J connectivity index is 1.54. The van der Waals surface area contributed by atoms with E-state index in [1.54, 1.807) is 7.11 Å². The van der Waals surface area contributed by atoms with Gasteiger partial charge in [0.25, 0.3) is 0 Å². The molecule has 0 saturated carbocycles. The minimum Gasteiger partial charge on any atom is -0.493 e. The van der Waals surface area contributed by atoms with Crippen molar-refractivity contribution in [2.45, 2.75) is 51.8 Å². The fraction of sp³-hybridized carbons (Fsp3) is 0.650. The molecule has 1 amide bonds. The summed E-state index contributed by atoms with van der Waals surface area (Å²) in [7, 11) is 1.63. The van der Waals surface area contributed by atoms with Crippen molar-refractivity contribution in [3.05, 3.63) is 23.8 Å². The molecule has 6 heteroatoms. The quantitative estimate of drug-likeness (QED) is 0.721. The summed E-state index contributed by atoms with van der Waals surface area (Å²) in [5.74, 6) is 1.50. The van der Waals surface area contributed by atoms with Crippen LogP contribution in [0.3, 0.4) is 0 Å². The number of hydrogen-bond acceptors (Lipinski definition) is 5. The number of amides is 1. The Bertz CT molecular complexity index is 627. The molecule has 3 N–H and O–H groups in total. The van der Waals surface area contributed by atoms with E-state index in [1.165, 1.54) is 0 Å². The highest BCUT2D eigenvalue weighted by atomic mass is 16.5. The second-order valence-electron chi connectivity index (χ2n) is 7.76. The molecule has 1 aromatic rings. The zero-order chi connectivity index (χ0) is 18.6. The summed E-state index contributed by atoms with van der Waals surface area (Å²) in [6.45, 7) is 7.52. The first-order valence-corrected chi connectivity index (χ1v) is 9.57. The molecule has 6 nitrogen and oxygen atoms in total. The molecular weight excluding hydrogens is 330 g/mol. The van der Waals surface area contributed by atoms with Gasteiger partial charge in [-0.25, -0.2) is 0 Å². The van der Waals surface area contributed by atoms with Gasteiger partial charge in [0, 0.05) is 13.1 Å².